The van der Waals surface area contributed by atoms with Gasteiger partial charge < -0.3 is 15.4 Å². The lowest BCUT2D eigenvalue weighted by molar-refractivity contribution is -0.124. The topological polar surface area (TPSA) is 87.7 Å². The average molecular weight is 512 g/mol. The molecule has 0 aromatic heterocycles. The molecule has 3 aromatic carbocycles. The minimum atomic E-state index is -1.01. The predicted molar refractivity (Wildman–Crippen MR) is 151 cm³/mol. The summed E-state index contributed by atoms with van der Waals surface area (Å²) in [5.74, 6) is -0.480. The van der Waals surface area contributed by atoms with Crippen molar-refractivity contribution in [3.8, 4) is 5.75 Å². The van der Waals surface area contributed by atoms with Gasteiger partial charge in [-0.15, -0.1) is 0 Å². The Morgan fingerprint density at radius 3 is 2.34 bits per heavy atom. The molecular weight excluding hydrogens is 478 g/mol. The zero-order chi connectivity index (χ0) is 27.3. The number of rotatable bonds is 7. The summed E-state index contributed by atoms with van der Waals surface area (Å²) < 4.78 is 5.43. The van der Waals surface area contributed by atoms with Crippen molar-refractivity contribution in [1.29, 1.82) is 0 Å². The molecule has 7 nitrogen and oxygen atoms in total. The highest BCUT2D eigenvalue weighted by atomic mass is 16.5. The van der Waals surface area contributed by atoms with Crippen LogP contribution in [0.5, 0.6) is 5.75 Å². The van der Waals surface area contributed by atoms with E-state index in [9.17, 15) is 14.4 Å². The zero-order valence-electron chi connectivity index (χ0n) is 22.2. The second-order valence-electron chi connectivity index (χ2n) is 10.1. The summed E-state index contributed by atoms with van der Waals surface area (Å²) in [6.07, 6.45) is 2.97. The number of amides is 3. The van der Waals surface area contributed by atoms with Crippen LogP contribution in [0, 0.1) is 0 Å². The molecule has 0 bridgehead atoms. The first-order valence-electron chi connectivity index (χ1n) is 12.7. The Morgan fingerprint density at radius 2 is 1.68 bits per heavy atom. The lowest BCUT2D eigenvalue weighted by Gasteiger charge is -2.35. The lowest BCUT2D eigenvalue weighted by Crippen LogP contribution is -2.52. The van der Waals surface area contributed by atoms with Gasteiger partial charge in [-0.3, -0.25) is 19.3 Å². The molecule has 1 atom stereocenters. The van der Waals surface area contributed by atoms with Gasteiger partial charge in [0, 0.05) is 11.8 Å². The van der Waals surface area contributed by atoms with Crippen molar-refractivity contribution in [3.63, 3.8) is 0 Å². The third-order valence-corrected chi connectivity index (χ3v) is 6.30. The molecule has 38 heavy (non-hydrogen) atoms. The molecule has 1 heterocycles. The van der Waals surface area contributed by atoms with Gasteiger partial charge in [-0.05, 0) is 65.9 Å². The van der Waals surface area contributed by atoms with Gasteiger partial charge in [-0.1, -0.05) is 57.2 Å². The molecular formula is C31H33N3O4. The van der Waals surface area contributed by atoms with Gasteiger partial charge in [-0.2, -0.15) is 0 Å². The van der Waals surface area contributed by atoms with Crippen LogP contribution in [0.25, 0.3) is 6.08 Å². The van der Waals surface area contributed by atoms with E-state index in [2.05, 4.69) is 31.4 Å². The number of hydrogen-bond acceptors (Lipinski definition) is 4. The van der Waals surface area contributed by atoms with Crippen LogP contribution in [0.3, 0.4) is 0 Å². The van der Waals surface area contributed by atoms with E-state index in [0.717, 1.165) is 5.56 Å². The third-order valence-electron chi connectivity index (χ3n) is 6.30. The zero-order valence-corrected chi connectivity index (χ0v) is 22.2. The maximum absolute atomic E-state index is 13.5. The van der Waals surface area contributed by atoms with Gasteiger partial charge in [-0.25, -0.2) is 0 Å². The van der Waals surface area contributed by atoms with Gasteiger partial charge in [0.05, 0.1) is 24.4 Å². The fourth-order valence-corrected chi connectivity index (χ4v) is 4.28. The summed E-state index contributed by atoms with van der Waals surface area (Å²) in [6, 6.07) is 21.1. The minimum absolute atomic E-state index is 0.0298. The molecule has 1 aliphatic rings. The van der Waals surface area contributed by atoms with E-state index in [4.69, 9.17) is 4.74 Å². The van der Waals surface area contributed by atoms with E-state index >= 15 is 0 Å². The molecule has 0 fully saturated rings. The normalized spacial score (nSPS) is 15.1. The Balaban J connectivity index is 1.54. The summed E-state index contributed by atoms with van der Waals surface area (Å²) in [4.78, 5) is 40.9. The average Bonchev–Trinajstić information content (AvgIpc) is 2.89. The number of benzene rings is 3. The summed E-state index contributed by atoms with van der Waals surface area (Å²) in [7, 11) is 0. The molecule has 1 unspecified atom stereocenters. The predicted octanol–water partition coefficient (Wildman–Crippen LogP) is 5.78. The van der Waals surface area contributed by atoms with Crippen molar-refractivity contribution in [1.82, 2.24) is 0 Å². The maximum Gasteiger partial charge on any atom is 0.251 e. The number of fused-ring (bicyclic) bond motifs is 1. The summed E-state index contributed by atoms with van der Waals surface area (Å²) >= 11 is 0. The van der Waals surface area contributed by atoms with Gasteiger partial charge in [0.1, 0.15) is 11.8 Å². The Bertz CT molecular complexity index is 1340. The maximum atomic E-state index is 13.5. The summed E-state index contributed by atoms with van der Waals surface area (Å²) in [5.41, 5.74) is 3.74. The Morgan fingerprint density at radius 1 is 1.00 bits per heavy atom. The van der Waals surface area contributed by atoms with Crippen LogP contribution in [0.1, 0.15) is 45.2 Å². The third kappa shape index (κ3) is 6.29. The van der Waals surface area contributed by atoms with E-state index in [1.54, 1.807) is 54.6 Å². The second-order valence-corrected chi connectivity index (χ2v) is 10.1. The number of carbonyl (C=O) groups is 3. The summed E-state index contributed by atoms with van der Waals surface area (Å²) in [6.45, 7) is 8.88. The highest BCUT2D eigenvalue weighted by Gasteiger charge is 2.37. The van der Waals surface area contributed by atoms with Crippen molar-refractivity contribution >= 4 is 40.9 Å². The highest BCUT2D eigenvalue weighted by molar-refractivity contribution is 6.16. The van der Waals surface area contributed by atoms with Gasteiger partial charge in [0.15, 0.2) is 0 Å². The first kappa shape index (κ1) is 26.7. The van der Waals surface area contributed by atoms with Crippen molar-refractivity contribution in [2.75, 3.05) is 22.1 Å². The molecule has 3 amide bonds. The van der Waals surface area contributed by atoms with E-state index in [1.807, 2.05) is 31.2 Å². The Kier molecular flexibility index (Phi) is 7.96. The molecule has 2 N–H and O–H groups in total. The van der Waals surface area contributed by atoms with E-state index in [0.29, 0.717) is 29.4 Å². The number of nitrogens with one attached hydrogen (secondary N) is 2. The van der Waals surface area contributed by atoms with Gasteiger partial charge in [0.2, 0.25) is 11.8 Å². The van der Waals surface area contributed by atoms with E-state index < -0.39 is 11.9 Å². The number of anilines is 3. The van der Waals surface area contributed by atoms with Crippen molar-refractivity contribution < 1.29 is 19.1 Å². The number of para-hydroxylation sites is 2. The molecule has 1 aliphatic heterocycles. The largest absolute Gasteiger partial charge is 0.494 e. The van der Waals surface area contributed by atoms with E-state index in [1.165, 1.54) is 16.5 Å². The molecule has 0 saturated heterocycles. The van der Waals surface area contributed by atoms with Gasteiger partial charge >= 0.3 is 0 Å². The Hall–Kier alpha value is -4.39. The SMILES string of the molecule is CCOc1ccc(NC(=O)CC2C(=O)Nc3ccccc3N2C(=O)C=Cc2ccc(C(C)(C)C)cc2)cc1. The van der Waals surface area contributed by atoms with Crippen molar-refractivity contribution in [2.45, 2.75) is 45.6 Å². The van der Waals surface area contributed by atoms with Crippen LogP contribution in [0.4, 0.5) is 17.1 Å². The molecule has 0 spiro atoms. The van der Waals surface area contributed by atoms with Crippen LogP contribution < -0.4 is 20.3 Å². The van der Waals surface area contributed by atoms with Crippen LogP contribution in [-0.4, -0.2) is 30.4 Å². The second kappa shape index (κ2) is 11.3. The van der Waals surface area contributed by atoms with Crippen LogP contribution in [-0.2, 0) is 19.8 Å². The molecule has 196 valence electrons. The molecule has 4 rings (SSSR count). The fourth-order valence-electron chi connectivity index (χ4n) is 4.28. The van der Waals surface area contributed by atoms with E-state index in [-0.39, 0.29) is 23.7 Å². The Labute approximate surface area is 223 Å². The monoisotopic (exact) mass is 511 g/mol. The molecule has 0 aliphatic carbocycles. The molecule has 3 aromatic rings. The first-order chi connectivity index (χ1) is 18.2. The van der Waals surface area contributed by atoms with Crippen LogP contribution in [0.2, 0.25) is 0 Å². The lowest BCUT2D eigenvalue weighted by atomic mass is 9.87. The van der Waals surface area contributed by atoms with Crippen LogP contribution >= 0.6 is 0 Å². The standard InChI is InChI=1S/C31H33N3O4/c1-5-38-24-17-15-23(16-18-24)32-28(35)20-27-30(37)33-25-8-6-7-9-26(25)34(27)29(36)19-12-21-10-13-22(14-11-21)31(2,3)4/h6-19,27H,5,20H2,1-4H3,(H,32,35)(H,33,37). The number of hydrogen-bond donors (Lipinski definition) is 2. The van der Waals surface area contributed by atoms with Crippen molar-refractivity contribution in [2.24, 2.45) is 0 Å². The smallest absolute Gasteiger partial charge is 0.251 e. The van der Waals surface area contributed by atoms with Gasteiger partial charge in [0.25, 0.3) is 5.91 Å². The number of nitrogens with zero attached hydrogens (tertiary/aromatic N) is 1. The van der Waals surface area contributed by atoms with Crippen molar-refractivity contribution in [3.05, 3.63) is 90.0 Å². The molecule has 0 saturated carbocycles. The quantitative estimate of drug-likeness (QED) is 0.394. The van der Waals surface area contributed by atoms with Crippen LogP contribution in [0.15, 0.2) is 78.9 Å². The molecule has 0 radical (unpaired) electrons. The summed E-state index contributed by atoms with van der Waals surface area (Å²) in [5, 5.41) is 5.63. The number of carbonyl (C=O) groups excluding carboxylic acids is 3. The number of ether oxygens (including phenoxy) is 1. The molecule has 7 heteroatoms. The highest BCUT2D eigenvalue weighted by Crippen LogP contribution is 2.33. The first-order valence-corrected chi connectivity index (χ1v) is 12.7. The minimum Gasteiger partial charge on any atom is -0.494 e. The fraction of sp³-hybridized carbons (Fsp3) is 0.258.